The van der Waals surface area contributed by atoms with Crippen molar-refractivity contribution in [3.05, 3.63) is 74.8 Å². The zero-order chi connectivity index (χ0) is 20.2. The molecule has 29 heavy (non-hydrogen) atoms. The van der Waals surface area contributed by atoms with Crippen LogP contribution in [-0.2, 0) is 17.7 Å². The Morgan fingerprint density at radius 3 is 2.69 bits per heavy atom. The molecule has 0 spiro atoms. The average molecular weight is 413 g/mol. The predicted octanol–water partition coefficient (Wildman–Crippen LogP) is 2.64. The van der Waals surface area contributed by atoms with E-state index in [0.29, 0.717) is 16.6 Å². The second kappa shape index (κ2) is 8.71. The first kappa shape index (κ1) is 19.5. The fraction of sp³-hybridized carbons (Fsp3) is 0.333. The summed E-state index contributed by atoms with van der Waals surface area (Å²) in [6.07, 6.45) is 4.05. The normalized spacial score (nSPS) is 14.8. The molecule has 150 valence electrons. The lowest BCUT2D eigenvalue weighted by molar-refractivity contribution is 0.0662. The van der Waals surface area contributed by atoms with Gasteiger partial charge in [-0.3, -0.25) is 9.59 Å². The first-order chi connectivity index (χ1) is 14.1. The number of aromatic nitrogens is 3. The van der Waals surface area contributed by atoms with E-state index in [9.17, 15) is 9.59 Å². The predicted molar refractivity (Wildman–Crippen MR) is 109 cm³/mol. The summed E-state index contributed by atoms with van der Waals surface area (Å²) in [5.74, 6) is 0.00620. The van der Waals surface area contributed by atoms with Gasteiger partial charge in [-0.25, -0.2) is 4.98 Å². The highest BCUT2D eigenvalue weighted by atomic mass is 35.5. The summed E-state index contributed by atoms with van der Waals surface area (Å²) in [7, 11) is 0. The first-order valence-corrected chi connectivity index (χ1v) is 9.96. The Bertz CT molecular complexity index is 1080. The van der Waals surface area contributed by atoms with E-state index in [1.165, 1.54) is 10.7 Å². The summed E-state index contributed by atoms with van der Waals surface area (Å²) in [5, 5.41) is 7.81. The van der Waals surface area contributed by atoms with E-state index >= 15 is 0 Å². The van der Waals surface area contributed by atoms with Crippen molar-refractivity contribution in [2.24, 2.45) is 5.92 Å². The summed E-state index contributed by atoms with van der Waals surface area (Å²) in [4.78, 5) is 29.6. The van der Waals surface area contributed by atoms with Crippen molar-refractivity contribution in [2.75, 3.05) is 13.2 Å². The smallest absolute Gasteiger partial charge is 0.287 e. The molecule has 1 aromatic carbocycles. The zero-order valence-corrected chi connectivity index (χ0v) is 16.6. The van der Waals surface area contributed by atoms with Gasteiger partial charge < -0.3 is 10.1 Å². The van der Waals surface area contributed by atoms with Crippen LogP contribution in [0.15, 0.2) is 47.4 Å². The van der Waals surface area contributed by atoms with Gasteiger partial charge in [0.1, 0.15) is 5.56 Å². The summed E-state index contributed by atoms with van der Waals surface area (Å²) < 4.78 is 6.61. The van der Waals surface area contributed by atoms with Gasteiger partial charge in [0.2, 0.25) is 0 Å². The molecule has 2 aromatic heterocycles. The third-order valence-electron chi connectivity index (χ3n) is 5.07. The van der Waals surface area contributed by atoms with Crippen molar-refractivity contribution >= 4 is 23.2 Å². The molecule has 1 aliphatic rings. The van der Waals surface area contributed by atoms with E-state index in [-0.39, 0.29) is 12.1 Å². The molecule has 0 saturated carbocycles. The van der Waals surface area contributed by atoms with Crippen LogP contribution in [0, 0.1) is 5.92 Å². The van der Waals surface area contributed by atoms with Crippen LogP contribution >= 0.6 is 11.6 Å². The molecule has 7 nitrogen and oxygen atoms in total. The number of ether oxygens (including phenoxy) is 1. The maximum absolute atomic E-state index is 12.8. The number of hydrogen-bond acceptors (Lipinski definition) is 5. The van der Waals surface area contributed by atoms with Gasteiger partial charge in [0, 0.05) is 31.0 Å². The molecule has 8 heteroatoms. The van der Waals surface area contributed by atoms with Crippen LogP contribution in [0.5, 0.6) is 0 Å². The van der Waals surface area contributed by atoms with E-state index in [2.05, 4.69) is 15.4 Å². The molecule has 0 unspecified atom stereocenters. The molecule has 1 aliphatic heterocycles. The number of rotatable bonds is 5. The molecule has 1 fully saturated rings. The van der Waals surface area contributed by atoms with Crippen LogP contribution in [-0.4, -0.2) is 33.7 Å². The molecule has 3 heterocycles. The van der Waals surface area contributed by atoms with Crippen LogP contribution in [0.25, 0.3) is 5.65 Å². The SMILES string of the molecule is O=C(NCc1ccc(Cl)cc1)c1cnc2ccc(CC3CCOCC3)nn2c1=O. The first-order valence-electron chi connectivity index (χ1n) is 9.58. The lowest BCUT2D eigenvalue weighted by Crippen LogP contribution is -2.32. The third kappa shape index (κ3) is 4.63. The Morgan fingerprint density at radius 2 is 1.93 bits per heavy atom. The van der Waals surface area contributed by atoms with E-state index in [1.54, 1.807) is 18.2 Å². The van der Waals surface area contributed by atoms with Gasteiger partial charge in [0.05, 0.1) is 5.69 Å². The Kier molecular flexibility index (Phi) is 5.87. The standard InChI is InChI=1S/C21H21ClN4O3/c22-16-3-1-15(2-4-16)12-24-20(27)18-13-23-19-6-5-17(25-26(19)21(18)28)11-14-7-9-29-10-8-14/h1-6,13-14H,7-12H2,(H,24,27). The quantitative estimate of drug-likeness (QED) is 0.696. The number of fused-ring (bicyclic) bond motifs is 1. The van der Waals surface area contributed by atoms with Crippen LogP contribution in [0.4, 0.5) is 0 Å². The molecule has 4 rings (SSSR count). The van der Waals surface area contributed by atoms with E-state index in [1.807, 2.05) is 18.2 Å². The summed E-state index contributed by atoms with van der Waals surface area (Å²) in [5.41, 5.74) is 1.60. The van der Waals surface area contributed by atoms with Gasteiger partial charge in [-0.2, -0.15) is 9.61 Å². The Balaban J connectivity index is 1.52. The van der Waals surface area contributed by atoms with Crippen molar-refractivity contribution in [1.82, 2.24) is 19.9 Å². The van der Waals surface area contributed by atoms with Crippen molar-refractivity contribution in [2.45, 2.75) is 25.8 Å². The molecular formula is C21H21ClN4O3. The molecule has 1 N–H and O–H groups in total. The Morgan fingerprint density at radius 1 is 1.17 bits per heavy atom. The molecular weight excluding hydrogens is 392 g/mol. The number of amides is 1. The van der Waals surface area contributed by atoms with Gasteiger partial charge in [-0.05, 0) is 55.0 Å². The number of carbonyl (C=O) groups excluding carboxylic acids is 1. The van der Waals surface area contributed by atoms with Gasteiger partial charge in [-0.15, -0.1) is 0 Å². The van der Waals surface area contributed by atoms with Crippen LogP contribution in [0.3, 0.4) is 0 Å². The van der Waals surface area contributed by atoms with Gasteiger partial charge in [0.25, 0.3) is 11.5 Å². The van der Waals surface area contributed by atoms with E-state index < -0.39 is 11.5 Å². The van der Waals surface area contributed by atoms with Crippen LogP contribution in [0.2, 0.25) is 5.02 Å². The summed E-state index contributed by atoms with van der Waals surface area (Å²) in [6.45, 7) is 1.81. The summed E-state index contributed by atoms with van der Waals surface area (Å²) >= 11 is 5.87. The topological polar surface area (TPSA) is 85.6 Å². The Hall–Kier alpha value is -2.77. The number of hydrogen-bond donors (Lipinski definition) is 1. The second-order valence-electron chi connectivity index (χ2n) is 7.14. The lowest BCUT2D eigenvalue weighted by Gasteiger charge is -2.21. The molecule has 0 radical (unpaired) electrons. The summed E-state index contributed by atoms with van der Waals surface area (Å²) in [6, 6.07) is 10.8. The zero-order valence-electron chi connectivity index (χ0n) is 15.8. The second-order valence-corrected chi connectivity index (χ2v) is 7.58. The fourth-order valence-electron chi connectivity index (χ4n) is 3.39. The van der Waals surface area contributed by atoms with Crippen LogP contribution in [0.1, 0.15) is 34.5 Å². The molecule has 0 atom stereocenters. The van der Waals surface area contributed by atoms with Gasteiger partial charge >= 0.3 is 0 Å². The highest BCUT2D eigenvalue weighted by Crippen LogP contribution is 2.19. The lowest BCUT2D eigenvalue weighted by atomic mass is 9.95. The van der Waals surface area contributed by atoms with Crippen molar-refractivity contribution in [3.8, 4) is 0 Å². The van der Waals surface area contributed by atoms with Gasteiger partial charge in [-0.1, -0.05) is 23.7 Å². The minimum absolute atomic E-state index is 0.0350. The minimum Gasteiger partial charge on any atom is -0.381 e. The monoisotopic (exact) mass is 412 g/mol. The van der Waals surface area contributed by atoms with E-state index in [4.69, 9.17) is 16.3 Å². The van der Waals surface area contributed by atoms with Crippen LogP contribution < -0.4 is 10.9 Å². The highest BCUT2D eigenvalue weighted by molar-refractivity contribution is 6.30. The highest BCUT2D eigenvalue weighted by Gasteiger charge is 2.17. The fourth-order valence-corrected chi connectivity index (χ4v) is 3.52. The molecule has 1 saturated heterocycles. The molecule has 0 aliphatic carbocycles. The third-order valence-corrected chi connectivity index (χ3v) is 5.32. The number of benzene rings is 1. The van der Waals surface area contributed by atoms with E-state index in [0.717, 1.165) is 43.7 Å². The number of halogens is 1. The number of carbonyl (C=O) groups is 1. The number of nitrogens with one attached hydrogen (secondary N) is 1. The Labute approximate surface area is 172 Å². The maximum atomic E-state index is 12.8. The number of nitrogens with zero attached hydrogens (tertiary/aromatic N) is 3. The van der Waals surface area contributed by atoms with Crippen molar-refractivity contribution in [3.63, 3.8) is 0 Å². The van der Waals surface area contributed by atoms with Crippen molar-refractivity contribution < 1.29 is 9.53 Å². The average Bonchev–Trinajstić information content (AvgIpc) is 2.74. The molecule has 0 bridgehead atoms. The largest absolute Gasteiger partial charge is 0.381 e. The maximum Gasteiger partial charge on any atom is 0.287 e. The molecule has 1 amide bonds. The van der Waals surface area contributed by atoms with Gasteiger partial charge in [0.15, 0.2) is 5.65 Å². The molecule has 3 aromatic rings. The van der Waals surface area contributed by atoms with Crippen molar-refractivity contribution in [1.29, 1.82) is 0 Å². The minimum atomic E-state index is -0.483.